The fourth-order valence-corrected chi connectivity index (χ4v) is 3.61. The van der Waals surface area contributed by atoms with E-state index in [1.54, 1.807) is 0 Å². The molecule has 0 aliphatic carbocycles. The number of nitrogen functional groups attached to an aromatic ring is 1. The number of nitrogens with zero attached hydrogens (tertiary/aromatic N) is 4. The van der Waals surface area contributed by atoms with Crippen LogP contribution in [0, 0.1) is 17.6 Å². The molecule has 156 valence electrons. The van der Waals surface area contributed by atoms with Crippen molar-refractivity contribution >= 4 is 29.2 Å². The van der Waals surface area contributed by atoms with Gasteiger partial charge in [-0.15, -0.1) is 5.10 Å². The van der Waals surface area contributed by atoms with E-state index in [0.717, 1.165) is 23.1 Å². The molecule has 1 aliphatic heterocycles. The minimum absolute atomic E-state index is 0.00646. The van der Waals surface area contributed by atoms with E-state index in [4.69, 9.17) is 5.73 Å². The Morgan fingerprint density at radius 1 is 1.30 bits per heavy atom. The second kappa shape index (κ2) is 7.63. The first-order chi connectivity index (χ1) is 14.3. The van der Waals surface area contributed by atoms with Crippen LogP contribution in [0.1, 0.15) is 28.3 Å². The lowest BCUT2D eigenvalue weighted by molar-refractivity contribution is -0.143. The first kappa shape index (κ1) is 19.6. The summed E-state index contributed by atoms with van der Waals surface area (Å²) in [5.41, 5.74) is 5.85. The minimum atomic E-state index is -1.01. The van der Waals surface area contributed by atoms with E-state index in [-0.39, 0.29) is 35.0 Å². The molecule has 3 aromatic heterocycles. The summed E-state index contributed by atoms with van der Waals surface area (Å²) < 4.78 is 28.8. The quantitative estimate of drug-likeness (QED) is 0.492. The Balaban J connectivity index is 1.65. The van der Waals surface area contributed by atoms with Gasteiger partial charge in [0, 0.05) is 12.5 Å². The number of carboxylic acid groups (broad SMARTS) is 1. The topological polar surface area (TPSA) is 148 Å². The third-order valence-corrected chi connectivity index (χ3v) is 5.02. The van der Waals surface area contributed by atoms with Gasteiger partial charge in [0.1, 0.15) is 17.2 Å². The largest absolute Gasteiger partial charge is 0.481 e. The lowest BCUT2D eigenvalue weighted by Gasteiger charge is -2.30. The number of pyridine rings is 1. The molecule has 2 unspecified atom stereocenters. The first-order valence-electron chi connectivity index (χ1n) is 9.05. The molecule has 30 heavy (non-hydrogen) atoms. The van der Waals surface area contributed by atoms with Crippen molar-refractivity contribution in [3.63, 3.8) is 0 Å². The molecule has 0 spiro atoms. The monoisotopic (exact) mass is 417 g/mol. The van der Waals surface area contributed by atoms with E-state index in [1.165, 1.54) is 6.07 Å². The number of amides is 1. The van der Waals surface area contributed by atoms with Gasteiger partial charge in [0.05, 0.1) is 24.5 Å². The van der Waals surface area contributed by atoms with Gasteiger partial charge < -0.3 is 21.5 Å². The molecule has 3 aromatic rings. The number of aromatic nitrogens is 4. The molecule has 0 radical (unpaired) electrons. The molecule has 2 atom stereocenters. The summed E-state index contributed by atoms with van der Waals surface area (Å²) in [4.78, 5) is 32.0. The Kier molecular flexibility index (Phi) is 4.99. The lowest BCUT2D eigenvalue weighted by Crippen LogP contribution is -2.39. The summed E-state index contributed by atoms with van der Waals surface area (Å²) in [7, 11) is 0. The lowest BCUT2D eigenvalue weighted by atomic mass is 9.81. The molecule has 12 heteroatoms. The average Bonchev–Trinajstić information content (AvgIpc) is 3.04. The van der Waals surface area contributed by atoms with Crippen molar-refractivity contribution in [3.05, 3.63) is 47.4 Å². The molecule has 4 rings (SSSR count). The summed E-state index contributed by atoms with van der Waals surface area (Å²) in [6.45, 7) is 0.799. The van der Waals surface area contributed by atoms with Crippen molar-refractivity contribution < 1.29 is 23.5 Å². The van der Waals surface area contributed by atoms with Crippen LogP contribution >= 0.6 is 0 Å². The van der Waals surface area contributed by atoms with Gasteiger partial charge in [-0.2, -0.15) is 0 Å². The number of nitrogens with one attached hydrogen (secondary N) is 2. The smallest absolute Gasteiger partial charge is 0.307 e. The fraction of sp³-hybridized carbons (Fsp3) is 0.278. The summed E-state index contributed by atoms with van der Waals surface area (Å²) in [5, 5.41) is 18.9. The van der Waals surface area contributed by atoms with Crippen molar-refractivity contribution in [2.45, 2.75) is 12.3 Å². The summed E-state index contributed by atoms with van der Waals surface area (Å²) in [5.74, 6) is -4.61. The first-order valence-corrected chi connectivity index (χ1v) is 9.05. The molecule has 4 heterocycles. The van der Waals surface area contributed by atoms with Gasteiger partial charge >= 0.3 is 5.97 Å². The van der Waals surface area contributed by atoms with E-state index in [2.05, 4.69) is 25.7 Å². The van der Waals surface area contributed by atoms with E-state index >= 15 is 0 Å². The number of anilines is 2. The number of aliphatic carboxylic acids is 1. The highest BCUT2D eigenvalue weighted by atomic mass is 19.1. The van der Waals surface area contributed by atoms with Crippen LogP contribution in [-0.4, -0.2) is 49.7 Å². The van der Waals surface area contributed by atoms with Crippen LogP contribution in [0.5, 0.6) is 0 Å². The number of carbonyl (C=O) groups is 2. The van der Waals surface area contributed by atoms with Crippen molar-refractivity contribution in [2.24, 2.45) is 5.92 Å². The normalized spacial score (nSPS) is 19.0. The maximum Gasteiger partial charge on any atom is 0.307 e. The minimum Gasteiger partial charge on any atom is -0.481 e. The summed E-state index contributed by atoms with van der Waals surface area (Å²) in [6, 6.07) is 1.30. The number of nitrogens with two attached hydrogens (primary N) is 1. The zero-order valence-corrected chi connectivity index (χ0v) is 15.5. The standard InChI is InChI=1S/C18H17F2N7O3/c19-8-4-24-16-14(15(21)26-27(16)7-8)17(28)25-13-3-10(12(20)6-23-13)11-5-22-2-1-9(11)18(29)30/h3-4,6-7,9,11,22H,1-2,5H2,(H2,21,26)(H,29,30)(H,23,25,28). The van der Waals surface area contributed by atoms with E-state index in [0.29, 0.717) is 13.0 Å². The van der Waals surface area contributed by atoms with Crippen LogP contribution in [0.2, 0.25) is 0 Å². The Morgan fingerprint density at radius 2 is 2.10 bits per heavy atom. The molecule has 1 saturated heterocycles. The SMILES string of the molecule is Nc1nn2cc(F)cnc2c1C(=O)Nc1cc(C2CNCCC2C(=O)O)c(F)cn1. The van der Waals surface area contributed by atoms with Crippen LogP contribution in [0.25, 0.3) is 5.65 Å². The van der Waals surface area contributed by atoms with Gasteiger partial charge in [-0.25, -0.2) is 23.3 Å². The van der Waals surface area contributed by atoms with Crippen molar-refractivity contribution in [2.75, 3.05) is 24.1 Å². The average molecular weight is 417 g/mol. The van der Waals surface area contributed by atoms with Crippen LogP contribution in [-0.2, 0) is 4.79 Å². The highest BCUT2D eigenvalue weighted by molar-refractivity contribution is 6.11. The van der Waals surface area contributed by atoms with Crippen molar-refractivity contribution in [3.8, 4) is 0 Å². The maximum absolute atomic E-state index is 14.4. The van der Waals surface area contributed by atoms with Crippen molar-refractivity contribution in [1.82, 2.24) is 24.9 Å². The van der Waals surface area contributed by atoms with Gasteiger partial charge in [0.25, 0.3) is 5.91 Å². The van der Waals surface area contributed by atoms with Gasteiger partial charge in [-0.1, -0.05) is 0 Å². The van der Waals surface area contributed by atoms with Crippen LogP contribution in [0.15, 0.2) is 24.7 Å². The number of fused-ring (bicyclic) bond motifs is 1. The van der Waals surface area contributed by atoms with Gasteiger partial charge in [0.2, 0.25) is 0 Å². The number of halogens is 2. The Hall–Kier alpha value is -3.67. The molecule has 1 amide bonds. The highest BCUT2D eigenvalue weighted by Gasteiger charge is 2.34. The predicted octanol–water partition coefficient (Wildman–Crippen LogP) is 1.01. The third-order valence-electron chi connectivity index (χ3n) is 5.02. The van der Waals surface area contributed by atoms with Crippen LogP contribution in [0.4, 0.5) is 20.4 Å². The zero-order valence-electron chi connectivity index (χ0n) is 15.5. The number of piperidine rings is 1. The number of hydrogen-bond acceptors (Lipinski definition) is 7. The van der Waals surface area contributed by atoms with Gasteiger partial charge in [0.15, 0.2) is 17.3 Å². The molecule has 0 saturated carbocycles. The molecule has 1 aliphatic rings. The number of carbonyl (C=O) groups excluding carboxylic acids is 1. The molecule has 0 aromatic carbocycles. The summed E-state index contributed by atoms with van der Waals surface area (Å²) >= 11 is 0. The Morgan fingerprint density at radius 3 is 2.87 bits per heavy atom. The second-order valence-electron chi connectivity index (χ2n) is 6.89. The zero-order chi connectivity index (χ0) is 21.4. The highest BCUT2D eigenvalue weighted by Crippen LogP contribution is 2.32. The third kappa shape index (κ3) is 3.52. The molecule has 5 N–H and O–H groups in total. The Bertz CT molecular complexity index is 1150. The van der Waals surface area contributed by atoms with E-state index in [9.17, 15) is 23.5 Å². The van der Waals surface area contributed by atoms with E-state index < -0.39 is 35.3 Å². The molecular weight excluding hydrogens is 400 g/mol. The van der Waals surface area contributed by atoms with Gasteiger partial charge in [-0.05, 0) is 24.6 Å². The van der Waals surface area contributed by atoms with Crippen molar-refractivity contribution in [1.29, 1.82) is 0 Å². The fourth-order valence-electron chi connectivity index (χ4n) is 3.61. The Labute approximate surface area is 168 Å². The predicted molar refractivity (Wildman–Crippen MR) is 101 cm³/mol. The number of rotatable bonds is 4. The van der Waals surface area contributed by atoms with E-state index in [1.807, 2.05) is 0 Å². The van der Waals surface area contributed by atoms with Crippen LogP contribution in [0.3, 0.4) is 0 Å². The second-order valence-corrected chi connectivity index (χ2v) is 6.89. The molecule has 10 nitrogen and oxygen atoms in total. The molecular formula is C18H17F2N7O3. The number of carboxylic acids is 1. The maximum atomic E-state index is 14.4. The van der Waals surface area contributed by atoms with Crippen LogP contribution < -0.4 is 16.4 Å². The summed E-state index contributed by atoms with van der Waals surface area (Å²) in [6.07, 6.45) is 3.21. The molecule has 1 fully saturated rings. The number of hydrogen-bond donors (Lipinski definition) is 4. The van der Waals surface area contributed by atoms with Gasteiger partial charge in [-0.3, -0.25) is 9.59 Å². The molecule has 0 bridgehead atoms.